The van der Waals surface area contributed by atoms with E-state index in [4.69, 9.17) is 9.47 Å². The lowest BCUT2D eigenvalue weighted by atomic mass is 10.2. The number of methoxy groups -OCH3 is 3. The summed E-state index contributed by atoms with van der Waals surface area (Å²) < 4.78 is 14.9. The standard InChI is InChI=1S/C17H19N3O5S/c1-10(16(22)25-4)18-15(21)11-7-5-6-8-12(11)26-17-19-13(23-2)9-14(20-17)24-3/h5-10H,1-4H3,(H,18,21). The van der Waals surface area contributed by atoms with E-state index in [1.54, 1.807) is 37.3 Å². The molecule has 9 heteroatoms. The molecule has 1 aromatic carbocycles. The molecule has 1 heterocycles. The second-order valence-corrected chi connectivity index (χ2v) is 6.06. The first-order chi connectivity index (χ1) is 12.5. The van der Waals surface area contributed by atoms with Crippen molar-refractivity contribution in [3.05, 3.63) is 35.9 Å². The predicted molar refractivity (Wildman–Crippen MR) is 94.6 cm³/mol. The zero-order chi connectivity index (χ0) is 19.1. The first kappa shape index (κ1) is 19.5. The number of benzene rings is 1. The van der Waals surface area contributed by atoms with E-state index < -0.39 is 17.9 Å². The van der Waals surface area contributed by atoms with Crippen molar-refractivity contribution >= 4 is 23.6 Å². The van der Waals surface area contributed by atoms with Crippen LogP contribution in [0, 0.1) is 0 Å². The number of nitrogens with zero attached hydrogens (tertiary/aromatic N) is 2. The summed E-state index contributed by atoms with van der Waals surface area (Å²) >= 11 is 1.18. The number of hydrogen-bond acceptors (Lipinski definition) is 8. The minimum Gasteiger partial charge on any atom is -0.481 e. The average molecular weight is 377 g/mol. The monoisotopic (exact) mass is 377 g/mol. The number of ether oxygens (including phenoxy) is 3. The molecule has 0 fully saturated rings. The fraction of sp³-hybridized carbons (Fsp3) is 0.294. The third kappa shape index (κ3) is 4.85. The molecule has 0 spiro atoms. The van der Waals surface area contributed by atoms with Gasteiger partial charge in [-0.3, -0.25) is 4.79 Å². The molecule has 138 valence electrons. The highest BCUT2D eigenvalue weighted by atomic mass is 32.2. The van der Waals surface area contributed by atoms with E-state index in [2.05, 4.69) is 20.0 Å². The number of hydrogen-bond donors (Lipinski definition) is 1. The summed E-state index contributed by atoms with van der Waals surface area (Å²) in [5.41, 5.74) is 0.388. The van der Waals surface area contributed by atoms with Crippen LogP contribution in [0.4, 0.5) is 0 Å². The van der Waals surface area contributed by atoms with Crippen molar-refractivity contribution in [3.63, 3.8) is 0 Å². The van der Waals surface area contributed by atoms with E-state index in [9.17, 15) is 9.59 Å². The summed E-state index contributed by atoms with van der Waals surface area (Å²) in [6, 6.07) is 7.73. The molecule has 1 amide bonds. The van der Waals surface area contributed by atoms with E-state index in [-0.39, 0.29) is 0 Å². The summed E-state index contributed by atoms with van der Waals surface area (Å²) in [5.74, 6) is -0.230. The average Bonchev–Trinajstić information content (AvgIpc) is 2.67. The molecular weight excluding hydrogens is 358 g/mol. The maximum atomic E-state index is 12.5. The SMILES string of the molecule is COC(=O)C(C)NC(=O)c1ccccc1Sc1nc(OC)cc(OC)n1. The summed E-state index contributed by atoms with van der Waals surface area (Å²) in [6.07, 6.45) is 0. The van der Waals surface area contributed by atoms with Crippen molar-refractivity contribution in [3.8, 4) is 11.8 Å². The third-order valence-electron chi connectivity index (χ3n) is 3.31. The number of aromatic nitrogens is 2. The quantitative estimate of drug-likeness (QED) is 0.577. The Morgan fingerprint density at radius 1 is 1.08 bits per heavy atom. The Morgan fingerprint density at radius 3 is 2.27 bits per heavy atom. The van der Waals surface area contributed by atoms with Crippen molar-refractivity contribution in [2.24, 2.45) is 0 Å². The number of rotatable bonds is 7. The van der Waals surface area contributed by atoms with Gasteiger partial charge in [-0.1, -0.05) is 12.1 Å². The smallest absolute Gasteiger partial charge is 0.328 e. The first-order valence-corrected chi connectivity index (χ1v) is 8.42. The Hall–Kier alpha value is -2.81. The van der Waals surface area contributed by atoms with E-state index in [1.165, 1.54) is 33.1 Å². The zero-order valence-electron chi connectivity index (χ0n) is 14.8. The maximum Gasteiger partial charge on any atom is 0.328 e. The zero-order valence-corrected chi connectivity index (χ0v) is 15.6. The van der Waals surface area contributed by atoms with E-state index in [0.29, 0.717) is 27.4 Å². The number of amides is 1. The second-order valence-electron chi connectivity index (χ2n) is 5.05. The van der Waals surface area contributed by atoms with Gasteiger partial charge in [0.1, 0.15) is 6.04 Å². The van der Waals surface area contributed by atoms with Gasteiger partial charge in [-0.15, -0.1) is 0 Å². The van der Waals surface area contributed by atoms with Gasteiger partial charge >= 0.3 is 5.97 Å². The van der Waals surface area contributed by atoms with Crippen molar-refractivity contribution in [2.75, 3.05) is 21.3 Å². The Morgan fingerprint density at radius 2 is 1.69 bits per heavy atom. The van der Waals surface area contributed by atoms with Gasteiger partial charge in [-0.2, -0.15) is 9.97 Å². The van der Waals surface area contributed by atoms with Crippen LogP contribution in [-0.2, 0) is 9.53 Å². The van der Waals surface area contributed by atoms with Crippen LogP contribution in [0.15, 0.2) is 40.4 Å². The van der Waals surface area contributed by atoms with Crippen LogP contribution in [0.2, 0.25) is 0 Å². The van der Waals surface area contributed by atoms with Gasteiger partial charge < -0.3 is 19.5 Å². The lowest BCUT2D eigenvalue weighted by Crippen LogP contribution is -2.39. The highest BCUT2D eigenvalue weighted by Gasteiger charge is 2.20. The van der Waals surface area contributed by atoms with Gasteiger partial charge in [-0.25, -0.2) is 4.79 Å². The van der Waals surface area contributed by atoms with Crippen molar-refractivity contribution in [2.45, 2.75) is 23.0 Å². The molecule has 1 unspecified atom stereocenters. The molecule has 0 saturated heterocycles. The normalized spacial score (nSPS) is 11.4. The van der Waals surface area contributed by atoms with Crippen molar-refractivity contribution in [1.29, 1.82) is 0 Å². The Kier molecular flexibility index (Phi) is 6.79. The van der Waals surface area contributed by atoms with Crippen LogP contribution in [0.5, 0.6) is 11.8 Å². The topological polar surface area (TPSA) is 99.6 Å². The van der Waals surface area contributed by atoms with E-state index >= 15 is 0 Å². The summed E-state index contributed by atoms with van der Waals surface area (Å²) in [7, 11) is 4.25. The molecule has 1 N–H and O–H groups in total. The highest BCUT2D eigenvalue weighted by molar-refractivity contribution is 7.99. The van der Waals surface area contributed by atoms with Crippen LogP contribution in [0.25, 0.3) is 0 Å². The van der Waals surface area contributed by atoms with Crippen LogP contribution in [0.1, 0.15) is 17.3 Å². The minimum atomic E-state index is -0.765. The molecule has 2 aromatic rings. The van der Waals surface area contributed by atoms with Gasteiger partial charge in [0.2, 0.25) is 11.8 Å². The molecule has 1 atom stereocenters. The molecule has 26 heavy (non-hydrogen) atoms. The third-order valence-corrected chi connectivity index (χ3v) is 4.25. The van der Waals surface area contributed by atoms with E-state index in [0.717, 1.165) is 0 Å². The molecule has 0 saturated carbocycles. The molecule has 1 aromatic heterocycles. The van der Waals surface area contributed by atoms with E-state index in [1.807, 2.05) is 0 Å². The van der Waals surface area contributed by atoms with Crippen LogP contribution in [-0.4, -0.2) is 49.2 Å². The second kappa shape index (κ2) is 9.04. The molecule has 8 nitrogen and oxygen atoms in total. The molecule has 0 aliphatic carbocycles. The van der Waals surface area contributed by atoms with Crippen molar-refractivity contribution < 1.29 is 23.8 Å². The van der Waals surface area contributed by atoms with Crippen LogP contribution >= 0.6 is 11.8 Å². The number of esters is 1. The largest absolute Gasteiger partial charge is 0.481 e. The Labute approximate surface area is 155 Å². The molecule has 0 bridgehead atoms. The predicted octanol–water partition coefficient (Wildman–Crippen LogP) is 1.94. The number of carbonyl (C=O) groups is 2. The fourth-order valence-corrected chi connectivity index (χ4v) is 2.88. The van der Waals surface area contributed by atoms with Crippen molar-refractivity contribution in [1.82, 2.24) is 15.3 Å². The first-order valence-electron chi connectivity index (χ1n) is 7.61. The van der Waals surface area contributed by atoms with Gasteiger partial charge in [0.15, 0.2) is 5.16 Å². The number of nitrogens with one attached hydrogen (secondary N) is 1. The summed E-state index contributed by atoms with van der Waals surface area (Å²) in [4.78, 5) is 33.1. The van der Waals surface area contributed by atoms with Gasteiger partial charge in [0.25, 0.3) is 5.91 Å². The Bertz CT molecular complexity index is 777. The molecule has 0 aliphatic rings. The maximum absolute atomic E-state index is 12.5. The molecule has 0 radical (unpaired) electrons. The highest BCUT2D eigenvalue weighted by Crippen LogP contribution is 2.30. The van der Waals surface area contributed by atoms with Gasteiger partial charge in [-0.05, 0) is 30.8 Å². The van der Waals surface area contributed by atoms with Gasteiger partial charge in [0, 0.05) is 4.90 Å². The van der Waals surface area contributed by atoms with Gasteiger partial charge in [0.05, 0.1) is 33.0 Å². The molecule has 2 rings (SSSR count). The fourth-order valence-electron chi connectivity index (χ4n) is 1.99. The minimum absolute atomic E-state index is 0.348. The lowest BCUT2D eigenvalue weighted by Gasteiger charge is -2.13. The summed E-state index contributed by atoms with van der Waals surface area (Å²) in [5, 5.41) is 2.96. The summed E-state index contributed by atoms with van der Waals surface area (Å²) in [6.45, 7) is 1.55. The number of carbonyl (C=O) groups excluding carboxylic acids is 2. The Balaban J connectivity index is 2.26. The molecular formula is C17H19N3O5S. The van der Waals surface area contributed by atoms with Crippen LogP contribution in [0.3, 0.4) is 0 Å². The molecule has 0 aliphatic heterocycles. The lowest BCUT2D eigenvalue weighted by molar-refractivity contribution is -0.142. The van der Waals surface area contributed by atoms with Crippen LogP contribution < -0.4 is 14.8 Å².